The van der Waals surface area contributed by atoms with Gasteiger partial charge in [0, 0.05) is 24.3 Å². The van der Waals surface area contributed by atoms with Crippen LogP contribution in [0.15, 0.2) is 124 Å². The lowest BCUT2D eigenvalue weighted by Crippen LogP contribution is -2.44. The van der Waals surface area contributed by atoms with Crippen LogP contribution in [0.3, 0.4) is 0 Å². The lowest BCUT2D eigenvalue weighted by Gasteiger charge is -2.22. The van der Waals surface area contributed by atoms with Gasteiger partial charge in [-0.25, -0.2) is 4.79 Å². The number of hydrogen-bond acceptors (Lipinski definition) is 5. The first-order chi connectivity index (χ1) is 20.5. The van der Waals surface area contributed by atoms with Gasteiger partial charge < -0.3 is 14.6 Å². The summed E-state index contributed by atoms with van der Waals surface area (Å²) < 4.78 is 7.66. The Balaban J connectivity index is 1.53. The maximum atomic E-state index is 13.8. The molecule has 2 aromatic heterocycles. The molecule has 9 heteroatoms. The molecule has 212 valence electrons. The van der Waals surface area contributed by atoms with E-state index in [0.717, 1.165) is 10.1 Å². The highest BCUT2D eigenvalue weighted by atomic mass is 16.3. The molecule has 3 aromatic carbocycles. The van der Waals surface area contributed by atoms with Crippen molar-refractivity contribution in [3.8, 4) is 0 Å². The van der Waals surface area contributed by atoms with Gasteiger partial charge in [-0.2, -0.15) is 0 Å². The Morgan fingerprint density at radius 1 is 0.905 bits per heavy atom. The molecule has 0 saturated heterocycles. The highest BCUT2D eigenvalue weighted by molar-refractivity contribution is 5.98. The van der Waals surface area contributed by atoms with Crippen LogP contribution in [0.5, 0.6) is 0 Å². The fraction of sp³-hybridized carbons (Fsp3) is 0.152. The van der Waals surface area contributed by atoms with Gasteiger partial charge in [0.05, 0.1) is 23.7 Å². The molecule has 0 aliphatic carbocycles. The monoisotopic (exact) mass is 562 g/mol. The summed E-state index contributed by atoms with van der Waals surface area (Å²) in [6, 6.07) is 26.7. The maximum Gasteiger partial charge on any atom is 0.332 e. The van der Waals surface area contributed by atoms with E-state index in [4.69, 9.17) is 4.42 Å². The second kappa shape index (κ2) is 12.8. The lowest BCUT2D eigenvalue weighted by atomic mass is 10.1. The molecule has 2 amide bonds. The van der Waals surface area contributed by atoms with Crippen molar-refractivity contribution in [1.82, 2.24) is 14.5 Å². The van der Waals surface area contributed by atoms with Crippen molar-refractivity contribution < 1.29 is 14.0 Å². The average molecular weight is 563 g/mol. The molecule has 0 bridgehead atoms. The highest BCUT2D eigenvalue weighted by Gasteiger charge is 2.21. The van der Waals surface area contributed by atoms with Crippen LogP contribution in [0.2, 0.25) is 0 Å². The highest BCUT2D eigenvalue weighted by Crippen LogP contribution is 2.17. The van der Waals surface area contributed by atoms with E-state index in [1.54, 1.807) is 36.4 Å². The zero-order valence-electron chi connectivity index (χ0n) is 22.9. The third kappa shape index (κ3) is 6.15. The molecule has 0 fully saturated rings. The average Bonchev–Trinajstić information content (AvgIpc) is 3.54. The molecule has 1 N–H and O–H groups in total. The van der Waals surface area contributed by atoms with Crippen LogP contribution in [0, 0.1) is 0 Å². The molecular formula is C33H30N4O5. The minimum absolute atomic E-state index is 0.106. The molecule has 0 saturated carbocycles. The number of fused-ring (bicyclic) bond motifs is 1. The zero-order valence-corrected chi connectivity index (χ0v) is 22.9. The first-order valence-corrected chi connectivity index (χ1v) is 13.5. The van der Waals surface area contributed by atoms with Crippen LogP contribution >= 0.6 is 0 Å². The molecule has 0 aliphatic heterocycles. The Hall–Kier alpha value is -5.44. The number of hydrogen-bond donors (Lipinski definition) is 1. The van der Waals surface area contributed by atoms with Crippen molar-refractivity contribution in [1.29, 1.82) is 0 Å². The van der Waals surface area contributed by atoms with E-state index in [-0.39, 0.29) is 47.9 Å². The summed E-state index contributed by atoms with van der Waals surface area (Å²) in [6.07, 6.45) is 3.70. The number of para-hydroxylation sites is 1. The molecule has 9 nitrogen and oxygen atoms in total. The Bertz CT molecular complexity index is 1820. The number of amides is 2. The van der Waals surface area contributed by atoms with Gasteiger partial charge in [-0.1, -0.05) is 54.6 Å². The first-order valence-electron chi connectivity index (χ1n) is 13.5. The Morgan fingerprint density at radius 2 is 1.64 bits per heavy atom. The van der Waals surface area contributed by atoms with E-state index in [1.807, 2.05) is 48.5 Å². The Labute approximate surface area is 241 Å². The quantitative estimate of drug-likeness (QED) is 0.245. The van der Waals surface area contributed by atoms with E-state index in [2.05, 4.69) is 11.9 Å². The van der Waals surface area contributed by atoms with Crippen LogP contribution in [0.4, 0.5) is 5.69 Å². The normalized spacial score (nSPS) is 10.9. The maximum absolute atomic E-state index is 13.8. The van der Waals surface area contributed by atoms with Crippen LogP contribution < -0.4 is 21.5 Å². The van der Waals surface area contributed by atoms with Gasteiger partial charge in [0.2, 0.25) is 5.91 Å². The van der Waals surface area contributed by atoms with Crippen molar-refractivity contribution in [2.75, 3.05) is 18.0 Å². The van der Waals surface area contributed by atoms with Gasteiger partial charge in [0.1, 0.15) is 12.3 Å². The number of anilines is 1. The predicted octanol–water partition coefficient (Wildman–Crippen LogP) is 4.00. The number of furan rings is 1. The van der Waals surface area contributed by atoms with Crippen molar-refractivity contribution in [2.24, 2.45) is 0 Å². The molecule has 2 heterocycles. The predicted molar refractivity (Wildman–Crippen MR) is 162 cm³/mol. The second-order valence-electron chi connectivity index (χ2n) is 9.69. The standard InChI is InChI=1S/C33H30N4O5/c1-2-19-35(26-12-7-4-8-13-26)30(38)23-36-29-21-25(31(39)34-18-17-24-10-5-3-6-11-24)15-16-28(29)32(40)37(33(36)41)22-27-14-9-20-42-27/h2-16,20-21H,1,17-19,22-23H2,(H,34,39). The third-order valence-corrected chi connectivity index (χ3v) is 6.90. The molecule has 0 radical (unpaired) electrons. The van der Waals surface area contributed by atoms with Crippen molar-refractivity contribution >= 4 is 28.4 Å². The van der Waals surface area contributed by atoms with Gasteiger partial charge in [-0.05, 0) is 54.4 Å². The smallest absolute Gasteiger partial charge is 0.332 e. The summed E-state index contributed by atoms with van der Waals surface area (Å²) in [5.41, 5.74) is 0.953. The van der Waals surface area contributed by atoms with E-state index in [9.17, 15) is 19.2 Å². The summed E-state index contributed by atoms with van der Waals surface area (Å²) in [5, 5.41) is 3.09. The molecule has 0 spiro atoms. The Morgan fingerprint density at radius 3 is 2.33 bits per heavy atom. The second-order valence-corrected chi connectivity index (χ2v) is 9.69. The summed E-state index contributed by atoms with van der Waals surface area (Å²) in [4.78, 5) is 55.5. The van der Waals surface area contributed by atoms with Crippen molar-refractivity contribution in [3.63, 3.8) is 0 Å². The van der Waals surface area contributed by atoms with E-state index in [0.29, 0.717) is 24.4 Å². The van der Waals surface area contributed by atoms with Gasteiger partial charge >= 0.3 is 5.69 Å². The number of nitrogens with zero attached hydrogens (tertiary/aromatic N) is 3. The van der Waals surface area contributed by atoms with Crippen molar-refractivity contribution in [3.05, 3.63) is 148 Å². The van der Waals surface area contributed by atoms with E-state index in [1.165, 1.54) is 27.9 Å². The lowest BCUT2D eigenvalue weighted by molar-refractivity contribution is -0.119. The van der Waals surface area contributed by atoms with E-state index < -0.39 is 11.2 Å². The number of rotatable bonds is 11. The molecule has 0 unspecified atom stereocenters. The molecule has 5 rings (SSSR count). The van der Waals surface area contributed by atoms with Gasteiger partial charge in [0.25, 0.3) is 11.5 Å². The molecule has 0 aliphatic rings. The first kappa shape index (κ1) is 28.1. The number of aromatic nitrogens is 2. The third-order valence-electron chi connectivity index (χ3n) is 6.90. The van der Waals surface area contributed by atoms with Crippen LogP contribution in [-0.2, 0) is 24.3 Å². The summed E-state index contributed by atoms with van der Waals surface area (Å²) >= 11 is 0. The Kier molecular flexibility index (Phi) is 8.58. The van der Waals surface area contributed by atoms with Crippen LogP contribution in [0.1, 0.15) is 21.7 Å². The van der Waals surface area contributed by atoms with Crippen LogP contribution in [0.25, 0.3) is 10.9 Å². The minimum Gasteiger partial charge on any atom is -0.467 e. The minimum atomic E-state index is -0.689. The van der Waals surface area contributed by atoms with Gasteiger partial charge in [-0.15, -0.1) is 6.58 Å². The number of nitrogens with one attached hydrogen (secondary N) is 1. The zero-order chi connectivity index (χ0) is 29.5. The summed E-state index contributed by atoms with van der Waals surface area (Å²) in [5.74, 6) is -0.320. The fourth-order valence-electron chi connectivity index (χ4n) is 4.78. The molecule has 5 aromatic rings. The van der Waals surface area contributed by atoms with Gasteiger partial charge in [-0.3, -0.25) is 23.5 Å². The molecule has 42 heavy (non-hydrogen) atoms. The topological polar surface area (TPSA) is 107 Å². The molecule has 0 atom stereocenters. The number of carbonyl (C=O) groups is 2. The number of carbonyl (C=O) groups excluding carboxylic acids is 2. The summed E-state index contributed by atoms with van der Waals surface area (Å²) in [7, 11) is 0. The summed E-state index contributed by atoms with van der Waals surface area (Å²) in [6.45, 7) is 3.92. The molecular weight excluding hydrogens is 532 g/mol. The fourth-order valence-corrected chi connectivity index (χ4v) is 4.78. The van der Waals surface area contributed by atoms with Gasteiger partial charge in [0.15, 0.2) is 0 Å². The van der Waals surface area contributed by atoms with E-state index >= 15 is 0 Å². The van der Waals surface area contributed by atoms with Crippen LogP contribution in [-0.4, -0.2) is 34.0 Å². The number of benzene rings is 3. The largest absolute Gasteiger partial charge is 0.467 e. The van der Waals surface area contributed by atoms with Crippen molar-refractivity contribution in [2.45, 2.75) is 19.5 Å². The SMILES string of the molecule is C=CCN(C(=O)Cn1c(=O)n(Cc2ccco2)c(=O)c2ccc(C(=O)NCCc3ccccc3)cc21)c1ccccc1.